The molecule has 0 atom stereocenters. The average molecular weight is 430 g/mol. The van der Waals surface area contributed by atoms with Crippen LogP contribution in [0.5, 0.6) is 0 Å². The summed E-state index contributed by atoms with van der Waals surface area (Å²) in [6, 6.07) is 17.0. The summed E-state index contributed by atoms with van der Waals surface area (Å²) in [6.45, 7) is 4.84. The minimum atomic E-state index is 0. The van der Waals surface area contributed by atoms with E-state index in [1.54, 1.807) is 0 Å². The van der Waals surface area contributed by atoms with Crippen molar-refractivity contribution in [1.82, 2.24) is 10.2 Å². The van der Waals surface area contributed by atoms with E-state index in [4.69, 9.17) is 0 Å². The summed E-state index contributed by atoms with van der Waals surface area (Å²) in [5.41, 5.74) is 2.89. The van der Waals surface area contributed by atoms with E-state index in [9.17, 15) is 4.79 Å². The van der Waals surface area contributed by atoms with Gasteiger partial charge in [-0.05, 0) is 55.5 Å². The molecule has 6 heteroatoms. The molecular weight excluding hydrogens is 402 g/mol. The van der Waals surface area contributed by atoms with Crippen molar-refractivity contribution in [3.8, 4) is 0 Å². The molecule has 1 N–H and O–H groups in total. The minimum Gasteiger partial charge on any atom is -0.343 e. The zero-order chi connectivity index (χ0) is 19.0. The number of para-hydroxylation sites is 2. The number of nitrogens with one attached hydrogen (secondary N) is 1. The number of rotatable bonds is 3. The van der Waals surface area contributed by atoms with Crippen molar-refractivity contribution >= 4 is 41.5 Å². The zero-order valence-electron chi connectivity index (χ0n) is 16.6. The van der Waals surface area contributed by atoms with Crippen molar-refractivity contribution in [2.75, 3.05) is 37.6 Å². The summed E-state index contributed by atoms with van der Waals surface area (Å²) in [5.74, 6) is 0.300. The highest BCUT2D eigenvalue weighted by Gasteiger charge is 2.38. The number of carbonyl (C=O) groups is 1. The molecule has 0 aliphatic carbocycles. The molecule has 0 radical (unpaired) electrons. The van der Waals surface area contributed by atoms with Gasteiger partial charge in [0.05, 0.1) is 11.4 Å². The number of hydrogen-bond acceptors (Lipinski definition) is 4. The Morgan fingerprint density at radius 2 is 1.59 bits per heavy atom. The number of anilines is 2. The van der Waals surface area contributed by atoms with Gasteiger partial charge in [-0.1, -0.05) is 36.0 Å². The second-order valence-electron chi connectivity index (χ2n) is 8.25. The van der Waals surface area contributed by atoms with Gasteiger partial charge in [0.25, 0.3) is 0 Å². The van der Waals surface area contributed by atoms with Gasteiger partial charge < -0.3 is 15.1 Å². The first-order chi connectivity index (χ1) is 13.7. The summed E-state index contributed by atoms with van der Waals surface area (Å²) < 4.78 is 0. The van der Waals surface area contributed by atoms with E-state index >= 15 is 0 Å². The Hall–Kier alpha value is -1.69. The lowest BCUT2D eigenvalue weighted by atomic mass is 9.78. The number of amides is 1. The normalized spacial score (nSPS) is 19.4. The van der Waals surface area contributed by atoms with Crippen molar-refractivity contribution in [1.29, 1.82) is 0 Å². The number of hydrogen-bond donors (Lipinski definition) is 1. The maximum Gasteiger partial charge on any atom is 0.224 e. The largest absolute Gasteiger partial charge is 0.343 e. The fourth-order valence-corrected chi connectivity index (χ4v) is 5.94. The molecule has 2 aromatic carbocycles. The van der Waals surface area contributed by atoms with Crippen LogP contribution in [0.4, 0.5) is 11.4 Å². The Morgan fingerprint density at radius 3 is 2.17 bits per heavy atom. The number of benzene rings is 2. The second kappa shape index (κ2) is 8.58. The molecule has 0 unspecified atom stereocenters. The highest BCUT2D eigenvalue weighted by molar-refractivity contribution is 7.99. The molecule has 5 rings (SSSR count). The Balaban J connectivity index is 0.00000205. The lowest BCUT2D eigenvalue weighted by Gasteiger charge is -2.39. The van der Waals surface area contributed by atoms with Gasteiger partial charge in [-0.3, -0.25) is 4.79 Å². The Bertz CT molecular complexity index is 828. The van der Waals surface area contributed by atoms with Crippen LogP contribution >= 0.6 is 24.2 Å². The minimum absolute atomic E-state index is 0. The molecule has 3 heterocycles. The molecule has 154 valence electrons. The maximum atomic E-state index is 12.9. The third-order valence-electron chi connectivity index (χ3n) is 6.59. The van der Waals surface area contributed by atoms with E-state index < -0.39 is 0 Å². The molecule has 0 aromatic heterocycles. The Labute approximate surface area is 183 Å². The first kappa shape index (κ1) is 20.6. The van der Waals surface area contributed by atoms with E-state index in [1.807, 2.05) is 11.8 Å². The van der Waals surface area contributed by atoms with Crippen LogP contribution in [-0.2, 0) is 4.79 Å². The second-order valence-corrected chi connectivity index (χ2v) is 9.33. The molecule has 3 aliphatic rings. The van der Waals surface area contributed by atoms with Gasteiger partial charge >= 0.3 is 0 Å². The lowest BCUT2D eigenvalue weighted by Crippen LogP contribution is -2.44. The fourth-order valence-electron chi connectivity index (χ4n) is 4.84. The molecule has 0 bridgehead atoms. The molecular formula is C23H28ClN3OS. The first-order valence-corrected chi connectivity index (χ1v) is 11.2. The van der Waals surface area contributed by atoms with Crippen molar-refractivity contribution in [2.45, 2.75) is 35.5 Å². The van der Waals surface area contributed by atoms with E-state index in [0.717, 1.165) is 45.6 Å². The van der Waals surface area contributed by atoms with Crippen LogP contribution in [0.1, 0.15) is 25.7 Å². The van der Waals surface area contributed by atoms with Gasteiger partial charge in [-0.15, -0.1) is 12.4 Å². The predicted octanol–water partition coefficient (Wildman–Crippen LogP) is 4.70. The van der Waals surface area contributed by atoms with E-state index in [2.05, 4.69) is 63.6 Å². The molecule has 1 amide bonds. The number of piperidine rings is 1. The van der Waals surface area contributed by atoms with Crippen molar-refractivity contribution in [3.63, 3.8) is 0 Å². The molecule has 29 heavy (non-hydrogen) atoms. The third-order valence-corrected chi connectivity index (χ3v) is 7.72. The molecule has 0 saturated carbocycles. The zero-order valence-corrected chi connectivity index (χ0v) is 18.2. The van der Waals surface area contributed by atoms with E-state index in [-0.39, 0.29) is 12.4 Å². The van der Waals surface area contributed by atoms with Crippen LogP contribution in [0.3, 0.4) is 0 Å². The van der Waals surface area contributed by atoms with Crippen LogP contribution in [0, 0.1) is 5.41 Å². The van der Waals surface area contributed by atoms with Crippen LogP contribution in [-0.4, -0.2) is 43.5 Å². The first-order valence-electron chi connectivity index (χ1n) is 10.4. The van der Waals surface area contributed by atoms with Gasteiger partial charge in [0.1, 0.15) is 0 Å². The molecule has 2 aromatic rings. The smallest absolute Gasteiger partial charge is 0.224 e. The number of likely N-dealkylation sites (tertiary alicyclic amines) is 1. The third kappa shape index (κ3) is 4.00. The van der Waals surface area contributed by atoms with E-state index in [0.29, 0.717) is 17.7 Å². The highest BCUT2D eigenvalue weighted by Crippen LogP contribution is 2.47. The van der Waals surface area contributed by atoms with Gasteiger partial charge in [0.2, 0.25) is 5.91 Å². The standard InChI is InChI=1S/C23H27N3OS.ClH/c27-22(25-15-11-23(12-16-25)10-13-24-17-23)9-14-26-18-5-1-3-7-20(18)28-21-8-4-2-6-19(21)26;/h1-8,24H,9-17H2;1H. The van der Waals surface area contributed by atoms with Crippen LogP contribution in [0.2, 0.25) is 0 Å². The SMILES string of the molecule is Cl.O=C(CCN1c2ccccc2Sc2ccccc21)N1CCC2(CCNC2)CC1. The average Bonchev–Trinajstić information content (AvgIpc) is 3.19. The van der Waals surface area contributed by atoms with Crippen LogP contribution in [0.25, 0.3) is 0 Å². The molecule has 4 nitrogen and oxygen atoms in total. The van der Waals surface area contributed by atoms with Crippen molar-refractivity contribution < 1.29 is 4.79 Å². The number of fused-ring (bicyclic) bond motifs is 2. The van der Waals surface area contributed by atoms with E-state index in [1.165, 1.54) is 27.6 Å². The predicted molar refractivity (Wildman–Crippen MR) is 122 cm³/mol. The highest BCUT2D eigenvalue weighted by atomic mass is 35.5. The maximum absolute atomic E-state index is 12.9. The topological polar surface area (TPSA) is 35.6 Å². The van der Waals surface area contributed by atoms with Gasteiger partial charge in [-0.2, -0.15) is 0 Å². The molecule has 2 saturated heterocycles. The molecule has 3 aliphatic heterocycles. The monoisotopic (exact) mass is 429 g/mol. The number of carbonyl (C=O) groups excluding carboxylic acids is 1. The van der Waals surface area contributed by atoms with Crippen molar-refractivity contribution in [3.05, 3.63) is 48.5 Å². The number of halogens is 1. The Kier molecular flexibility index (Phi) is 6.09. The quantitative estimate of drug-likeness (QED) is 0.766. The summed E-state index contributed by atoms with van der Waals surface area (Å²) in [5, 5.41) is 3.50. The summed E-state index contributed by atoms with van der Waals surface area (Å²) in [4.78, 5) is 19.9. The fraction of sp³-hybridized carbons (Fsp3) is 0.435. The summed E-state index contributed by atoms with van der Waals surface area (Å²) in [6.07, 6.45) is 4.14. The van der Waals surface area contributed by atoms with Gasteiger partial charge in [-0.25, -0.2) is 0 Å². The van der Waals surface area contributed by atoms with Crippen LogP contribution < -0.4 is 10.2 Å². The molecule has 2 fully saturated rings. The Morgan fingerprint density at radius 1 is 0.966 bits per heavy atom. The lowest BCUT2D eigenvalue weighted by molar-refractivity contribution is -0.133. The van der Waals surface area contributed by atoms with Crippen LogP contribution in [0.15, 0.2) is 58.3 Å². The van der Waals surface area contributed by atoms with Gasteiger partial charge in [0, 0.05) is 42.4 Å². The molecule has 1 spiro atoms. The van der Waals surface area contributed by atoms with Gasteiger partial charge in [0.15, 0.2) is 0 Å². The summed E-state index contributed by atoms with van der Waals surface area (Å²) >= 11 is 1.82. The van der Waals surface area contributed by atoms with Crippen molar-refractivity contribution in [2.24, 2.45) is 5.41 Å². The summed E-state index contributed by atoms with van der Waals surface area (Å²) in [7, 11) is 0. The number of nitrogens with zero attached hydrogens (tertiary/aromatic N) is 2.